The number of hydrogen-bond donors (Lipinski definition) is 0. The number of rotatable bonds is 4. The highest BCUT2D eigenvalue weighted by molar-refractivity contribution is 6.07. The maximum atomic E-state index is 4.64. The Bertz CT molecular complexity index is 712. The number of aliphatic imine (C=N–C) groups is 1. The van der Waals surface area contributed by atoms with E-state index in [1.165, 1.54) is 11.1 Å². The van der Waals surface area contributed by atoms with Crippen molar-refractivity contribution in [1.82, 2.24) is 0 Å². The molecule has 2 nitrogen and oxygen atoms in total. The number of hydrogen-bond acceptors (Lipinski definition) is 1. The van der Waals surface area contributed by atoms with Crippen LogP contribution in [0.5, 0.6) is 0 Å². The number of likely N-dealkylation sites (N-methyl/N-ethyl adjacent to an activating group) is 1. The topological polar surface area (TPSA) is 15.6 Å². The maximum Gasteiger partial charge on any atom is 0.132 e. The lowest BCUT2D eigenvalue weighted by Gasteiger charge is -2.22. The predicted molar refractivity (Wildman–Crippen MR) is 97.4 cm³/mol. The number of nitrogens with zero attached hydrogens (tertiary/aromatic N) is 2. The summed E-state index contributed by atoms with van der Waals surface area (Å²) in [6, 6.07) is 16.3. The minimum absolute atomic E-state index is 0.729. The van der Waals surface area contributed by atoms with Crippen LogP contribution in [-0.4, -0.2) is 12.9 Å². The van der Waals surface area contributed by atoms with Crippen molar-refractivity contribution in [2.75, 3.05) is 11.9 Å². The normalized spacial score (nSPS) is 11.1. The van der Waals surface area contributed by atoms with Crippen molar-refractivity contribution in [3.05, 3.63) is 84.5 Å². The van der Waals surface area contributed by atoms with Crippen LogP contribution in [0.15, 0.2) is 72.8 Å². The Morgan fingerprint density at radius 3 is 2.36 bits per heavy atom. The van der Waals surface area contributed by atoms with Crippen LogP contribution in [0.3, 0.4) is 0 Å². The SMILES string of the molecule is C=CC(=NC(=C)c1ccccc1)N(C)c1ccc(C)cc1C. The molecule has 0 aliphatic rings. The molecule has 0 fully saturated rings. The minimum Gasteiger partial charge on any atom is -0.329 e. The van der Waals surface area contributed by atoms with Crippen LogP contribution in [0.4, 0.5) is 5.69 Å². The van der Waals surface area contributed by atoms with Crippen molar-refractivity contribution in [3.63, 3.8) is 0 Å². The van der Waals surface area contributed by atoms with Gasteiger partial charge in [-0.3, -0.25) is 0 Å². The van der Waals surface area contributed by atoms with E-state index in [-0.39, 0.29) is 0 Å². The summed E-state index contributed by atoms with van der Waals surface area (Å²) < 4.78 is 0. The molecule has 2 aromatic rings. The van der Waals surface area contributed by atoms with Gasteiger partial charge in [0.05, 0.1) is 5.70 Å². The van der Waals surface area contributed by atoms with E-state index in [2.05, 4.69) is 50.2 Å². The molecule has 0 atom stereocenters. The number of amidine groups is 1. The van der Waals surface area contributed by atoms with Gasteiger partial charge in [-0.15, -0.1) is 0 Å². The van der Waals surface area contributed by atoms with Gasteiger partial charge in [-0.05, 0) is 37.1 Å². The smallest absolute Gasteiger partial charge is 0.132 e. The van der Waals surface area contributed by atoms with E-state index in [9.17, 15) is 0 Å². The lowest BCUT2D eigenvalue weighted by atomic mass is 10.1. The van der Waals surface area contributed by atoms with E-state index >= 15 is 0 Å². The van der Waals surface area contributed by atoms with E-state index in [0.717, 1.165) is 22.8 Å². The summed E-state index contributed by atoms with van der Waals surface area (Å²) in [6.45, 7) is 12.1. The van der Waals surface area contributed by atoms with Crippen LogP contribution in [0.25, 0.3) is 5.70 Å². The molecule has 0 saturated heterocycles. The maximum absolute atomic E-state index is 4.64. The molecule has 0 saturated carbocycles. The van der Waals surface area contributed by atoms with Gasteiger partial charge < -0.3 is 4.90 Å². The van der Waals surface area contributed by atoms with Gasteiger partial charge in [-0.25, -0.2) is 4.99 Å². The van der Waals surface area contributed by atoms with Gasteiger partial charge in [-0.2, -0.15) is 0 Å². The van der Waals surface area contributed by atoms with Crippen LogP contribution in [0.1, 0.15) is 16.7 Å². The minimum atomic E-state index is 0.729. The Balaban J connectivity index is 2.33. The quantitative estimate of drug-likeness (QED) is 0.572. The summed E-state index contributed by atoms with van der Waals surface area (Å²) in [5, 5.41) is 0. The first kappa shape index (κ1) is 15.8. The van der Waals surface area contributed by atoms with Gasteiger partial charge in [-0.1, -0.05) is 61.2 Å². The summed E-state index contributed by atoms with van der Waals surface area (Å²) in [7, 11) is 2.00. The van der Waals surface area contributed by atoms with Crippen LogP contribution in [-0.2, 0) is 0 Å². The number of aryl methyl sites for hydroxylation is 2. The highest BCUT2D eigenvalue weighted by Crippen LogP contribution is 2.22. The largest absolute Gasteiger partial charge is 0.329 e. The highest BCUT2D eigenvalue weighted by atomic mass is 15.2. The van der Waals surface area contributed by atoms with Gasteiger partial charge in [0.2, 0.25) is 0 Å². The third-order valence-corrected chi connectivity index (χ3v) is 3.60. The summed E-state index contributed by atoms with van der Waals surface area (Å²) in [5.74, 6) is 0.779. The third-order valence-electron chi connectivity index (χ3n) is 3.60. The fourth-order valence-corrected chi connectivity index (χ4v) is 2.40. The van der Waals surface area contributed by atoms with Crippen LogP contribution in [0.2, 0.25) is 0 Å². The standard InChI is InChI=1S/C20H22N2/c1-6-20(21-17(4)18-10-8-7-9-11-18)22(5)19-13-12-15(2)14-16(19)3/h6-14H,1,4H2,2-3,5H3. The van der Waals surface area contributed by atoms with Crippen molar-refractivity contribution in [2.45, 2.75) is 13.8 Å². The van der Waals surface area contributed by atoms with Crippen molar-refractivity contribution in [3.8, 4) is 0 Å². The molecular formula is C20H22N2. The van der Waals surface area contributed by atoms with Crippen LogP contribution in [0, 0.1) is 13.8 Å². The summed E-state index contributed by atoms with van der Waals surface area (Å²) in [5.41, 5.74) is 5.32. The number of anilines is 1. The second-order valence-corrected chi connectivity index (χ2v) is 5.34. The Morgan fingerprint density at radius 1 is 1.09 bits per heavy atom. The zero-order chi connectivity index (χ0) is 16.1. The number of benzene rings is 2. The molecule has 0 heterocycles. The molecule has 22 heavy (non-hydrogen) atoms. The van der Waals surface area contributed by atoms with Gasteiger partial charge in [0.15, 0.2) is 0 Å². The molecule has 0 spiro atoms. The Kier molecular flexibility index (Phi) is 4.95. The molecule has 112 valence electrons. The van der Waals surface area contributed by atoms with Crippen molar-refractivity contribution in [1.29, 1.82) is 0 Å². The molecule has 0 N–H and O–H groups in total. The van der Waals surface area contributed by atoms with Crippen molar-refractivity contribution < 1.29 is 0 Å². The average molecular weight is 290 g/mol. The average Bonchev–Trinajstić information content (AvgIpc) is 2.52. The molecule has 0 aliphatic heterocycles. The van der Waals surface area contributed by atoms with E-state index in [0.29, 0.717) is 0 Å². The molecule has 0 aliphatic carbocycles. The molecule has 2 aromatic carbocycles. The fraction of sp³-hybridized carbons (Fsp3) is 0.150. The molecule has 2 rings (SSSR count). The molecule has 2 heteroatoms. The first-order valence-electron chi connectivity index (χ1n) is 7.29. The second kappa shape index (κ2) is 6.90. The van der Waals surface area contributed by atoms with Gasteiger partial charge >= 0.3 is 0 Å². The predicted octanol–water partition coefficient (Wildman–Crippen LogP) is 5.00. The zero-order valence-electron chi connectivity index (χ0n) is 13.5. The monoisotopic (exact) mass is 290 g/mol. The molecule has 0 unspecified atom stereocenters. The first-order chi connectivity index (χ1) is 10.5. The molecule has 0 aromatic heterocycles. The Labute approximate surface area is 133 Å². The van der Waals surface area contributed by atoms with E-state index in [4.69, 9.17) is 0 Å². The Hall–Kier alpha value is -2.61. The molecular weight excluding hydrogens is 268 g/mol. The molecule has 0 radical (unpaired) electrons. The molecule has 0 bridgehead atoms. The van der Waals surface area contributed by atoms with Gasteiger partial charge in [0.1, 0.15) is 5.84 Å². The lowest BCUT2D eigenvalue weighted by molar-refractivity contribution is 1.22. The third kappa shape index (κ3) is 3.53. The van der Waals surface area contributed by atoms with Crippen molar-refractivity contribution >= 4 is 17.2 Å². The van der Waals surface area contributed by atoms with Crippen molar-refractivity contribution in [2.24, 2.45) is 4.99 Å². The Morgan fingerprint density at radius 2 is 1.77 bits per heavy atom. The highest BCUT2D eigenvalue weighted by Gasteiger charge is 2.09. The lowest BCUT2D eigenvalue weighted by Crippen LogP contribution is -2.25. The van der Waals surface area contributed by atoms with Gasteiger partial charge in [0.25, 0.3) is 0 Å². The summed E-state index contributed by atoms with van der Waals surface area (Å²) in [4.78, 5) is 6.67. The summed E-state index contributed by atoms with van der Waals surface area (Å²) >= 11 is 0. The van der Waals surface area contributed by atoms with E-state index in [1.54, 1.807) is 6.08 Å². The first-order valence-corrected chi connectivity index (χ1v) is 7.29. The molecule has 0 amide bonds. The van der Waals surface area contributed by atoms with Gasteiger partial charge in [0, 0.05) is 12.7 Å². The van der Waals surface area contributed by atoms with Crippen LogP contribution >= 0.6 is 0 Å². The second-order valence-electron chi connectivity index (χ2n) is 5.34. The van der Waals surface area contributed by atoms with Crippen LogP contribution < -0.4 is 4.90 Å². The fourth-order valence-electron chi connectivity index (χ4n) is 2.40. The zero-order valence-corrected chi connectivity index (χ0v) is 13.5. The van der Waals surface area contributed by atoms with E-state index in [1.807, 2.05) is 42.3 Å². The summed E-state index contributed by atoms with van der Waals surface area (Å²) in [6.07, 6.45) is 1.76. The van der Waals surface area contributed by atoms with E-state index < -0.39 is 0 Å².